The fraction of sp³-hybridized carbons (Fsp3) is 0.462. The van der Waals surface area contributed by atoms with E-state index in [0.29, 0.717) is 18.8 Å². The second-order valence-electron chi connectivity index (χ2n) is 4.07. The Morgan fingerprint density at radius 2 is 2.17 bits per heavy atom. The molecule has 0 heterocycles. The molecule has 5 heteroatoms. The van der Waals surface area contributed by atoms with Crippen LogP contribution in [0.2, 0.25) is 0 Å². The molecule has 2 N–H and O–H groups in total. The summed E-state index contributed by atoms with van der Waals surface area (Å²) in [6, 6.07) is 4.24. The van der Waals surface area contributed by atoms with Crippen molar-refractivity contribution >= 4 is 5.97 Å². The number of ether oxygens (including phenoxy) is 2. The molecule has 4 nitrogen and oxygen atoms in total. The summed E-state index contributed by atoms with van der Waals surface area (Å²) in [5.41, 5.74) is 6.39. The van der Waals surface area contributed by atoms with E-state index in [9.17, 15) is 9.18 Å². The smallest absolute Gasteiger partial charge is 0.344 e. The number of hydrogen-bond donors (Lipinski definition) is 1. The Bertz CT molecular complexity index is 407. The highest BCUT2D eigenvalue weighted by Gasteiger charge is 2.07. The molecule has 0 fully saturated rings. The third kappa shape index (κ3) is 5.14. The van der Waals surface area contributed by atoms with Gasteiger partial charge in [0.2, 0.25) is 0 Å². The summed E-state index contributed by atoms with van der Waals surface area (Å²) in [6.45, 7) is 3.61. The predicted octanol–water partition coefficient (Wildman–Crippen LogP) is 1.66. The summed E-state index contributed by atoms with van der Waals surface area (Å²) < 4.78 is 23.2. The fourth-order valence-corrected chi connectivity index (χ4v) is 1.54. The van der Waals surface area contributed by atoms with Crippen LogP contribution >= 0.6 is 0 Å². The van der Waals surface area contributed by atoms with Gasteiger partial charge in [-0.2, -0.15) is 0 Å². The standard InChI is InChI=1S/C13H18FNO3/c1-3-17-13(16)8-18-12-6-10(4-9(2)15)5-11(14)7-12/h5-7,9H,3-4,8,15H2,1-2H3. The van der Waals surface area contributed by atoms with Crippen molar-refractivity contribution in [1.82, 2.24) is 0 Å². The highest BCUT2D eigenvalue weighted by molar-refractivity contribution is 5.71. The summed E-state index contributed by atoms with van der Waals surface area (Å²) in [4.78, 5) is 11.1. The maximum absolute atomic E-state index is 13.3. The molecule has 1 unspecified atom stereocenters. The molecule has 0 saturated heterocycles. The van der Waals surface area contributed by atoms with Gasteiger partial charge in [0.25, 0.3) is 0 Å². The molecule has 100 valence electrons. The van der Waals surface area contributed by atoms with Crippen LogP contribution in [0.15, 0.2) is 18.2 Å². The van der Waals surface area contributed by atoms with Crippen molar-refractivity contribution in [1.29, 1.82) is 0 Å². The number of carbonyl (C=O) groups is 1. The molecule has 0 aliphatic carbocycles. The lowest BCUT2D eigenvalue weighted by Gasteiger charge is -2.09. The van der Waals surface area contributed by atoms with Gasteiger partial charge in [-0.15, -0.1) is 0 Å². The van der Waals surface area contributed by atoms with Crippen LogP contribution in [0, 0.1) is 5.82 Å². The van der Waals surface area contributed by atoms with Gasteiger partial charge in [-0.3, -0.25) is 0 Å². The molecule has 1 aromatic carbocycles. The third-order valence-corrected chi connectivity index (χ3v) is 2.15. The lowest BCUT2D eigenvalue weighted by Crippen LogP contribution is -2.18. The number of esters is 1. The van der Waals surface area contributed by atoms with E-state index in [1.54, 1.807) is 13.0 Å². The van der Waals surface area contributed by atoms with E-state index in [-0.39, 0.29) is 12.6 Å². The molecule has 0 aliphatic rings. The van der Waals surface area contributed by atoms with E-state index in [1.807, 2.05) is 6.92 Å². The zero-order valence-electron chi connectivity index (χ0n) is 10.6. The van der Waals surface area contributed by atoms with Gasteiger partial charge in [0, 0.05) is 12.1 Å². The zero-order chi connectivity index (χ0) is 13.5. The van der Waals surface area contributed by atoms with E-state index < -0.39 is 11.8 Å². The van der Waals surface area contributed by atoms with E-state index >= 15 is 0 Å². The van der Waals surface area contributed by atoms with Crippen LogP contribution in [-0.2, 0) is 16.0 Å². The average Bonchev–Trinajstić information content (AvgIpc) is 2.25. The monoisotopic (exact) mass is 255 g/mol. The van der Waals surface area contributed by atoms with Crippen LogP contribution in [0.3, 0.4) is 0 Å². The van der Waals surface area contributed by atoms with Gasteiger partial charge >= 0.3 is 5.97 Å². The predicted molar refractivity (Wildman–Crippen MR) is 65.9 cm³/mol. The maximum atomic E-state index is 13.3. The lowest BCUT2D eigenvalue weighted by atomic mass is 10.1. The van der Waals surface area contributed by atoms with Crippen molar-refractivity contribution in [3.63, 3.8) is 0 Å². The van der Waals surface area contributed by atoms with Gasteiger partial charge in [-0.1, -0.05) is 0 Å². The molecule has 18 heavy (non-hydrogen) atoms. The van der Waals surface area contributed by atoms with Crippen LogP contribution in [0.5, 0.6) is 5.75 Å². The van der Waals surface area contributed by atoms with Gasteiger partial charge in [-0.25, -0.2) is 9.18 Å². The Morgan fingerprint density at radius 1 is 1.44 bits per heavy atom. The van der Waals surface area contributed by atoms with E-state index in [4.69, 9.17) is 15.2 Å². The van der Waals surface area contributed by atoms with Crippen LogP contribution in [0.4, 0.5) is 4.39 Å². The van der Waals surface area contributed by atoms with Crippen LogP contribution in [-0.4, -0.2) is 25.2 Å². The molecular weight excluding hydrogens is 237 g/mol. The number of benzene rings is 1. The molecular formula is C13H18FNO3. The second kappa shape index (κ2) is 6.96. The molecule has 0 saturated carbocycles. The van der Waals surface area contributed by atoms with Gasteiger partial charge in [0.1, 0.15) is 11.6 Å². The molecule has 1 rings (SSSR count). The van der Waals surface area contributed by atoms with Crippen molar-refractivity contribution in [2.45, 2.75) is 26.3 Å². The normalized spacial score (nSPS) is 12.0. The largest absolute Gasteiger partial charge is 0.482 e. The number of rotatable bonds is 6. The number of nitrogens with two attached hydrogens (primary N) is 1. The third-order valence-electron chi connectivity index (χ3n) is 2.15. The Kier molecular flexibility index (Phi) is 5.58. The van der Waals surface area contributed by atoms with Crippen molar-refractivity contribution < 1.29 is 18.7 Å². The lowest BCUT2D eigenvalue weighted by molar-refractivity contribution is -0.145. The highest BCUT2D eigenvalue weighted by atomic mass is 19.1. The molecule has 0 spiro atoms. The molecule has 0 amide bonds. The summed E-state index contributed by atoms with van der Waals surface area (Å²) in [6.07, 6.45) is 0.549. The second-order valence-corrected chi connectivity index (χ2v) is 4.07. The van der Waals surface area contributed by atoms with Crippen molar-refractivity contribution in [3.05, 3.63) is 29.6 Å². The van der Waals surface area contributed by atoms with Crippen molar-refractivity contribution in [3.8, 4) is 5.75 Å². The zero-order valence-corrected chi connectivity index (χ0v) is 10.6. The Balaban J connectivity index is 2.65. The van der Waals surface area contributed by atoms with Crippen molar-refractivity contribution in [2.75, 3.05) is 13.2 Å². The van der Waals surface area contributed by atoms with E-state index in [0.717, 1.165) is 5.56 Å². The first-order valence-electron chi connectivity index (χ1n) is 5.84. The van der Waals surface area contributed by atoms with Gasteiger partial charge in [0.15, 0.2) is 6.61 Å². The minimum Gasteiger partial charge on any atom is -0.482 e. The molecule has 0 radical (unpaired) electrons. The first-order chi connectivity index (χ1) is 8.51. The topological polar surface area (TPSA) is 61.5 Å². The highest BCUT2D eigenvalue weighted by Crippen LogP contribution is 2.17. The Hall–Kier alpha value is -1.62. The number of carbonyl (C=O) groups excluding carboxylic acids is 1. The summed E-state index contributed by atoms with van der Waals surface area (Å²) >= 11 is 0. The minimum absolute atomic E-state index is 0.0651. The number of hydrogen-bond acceptors (Lipinski definition) is 4. The van der Waals surface area contributed by atoms with Gasteiger partial charge in [-0.05, 0) is 38.0 Å². The van der Waals surface area contributed by atoms with Gasteiger partial charge in [0.05, 0.1) is 6.61 Å². The summed E-state index contributed by atoms with van der Waals surface area (Å²) in [5, 5.41) is 0. The maximum Gasteiger partial charge on any atom is 0.344 e. The fourth-order valence-electron chi connectivity index (χ4n) is 1.54. The molecule has 1 aromatic rings. The van der Waals surface area contributed by atoms with Crippen LogP contribution in [0.25, 0.3) is 0 Å². The SMILES string of the molecule is CCOC(=O)COc1cc(F)cc(CC(C)N)c1. The molecule has 1 atom stereocenters. The van der Waals surface area contributed by atoms with Gasteiger partial charge < -0.3 is 15.2 Å². The summed E-state index contributed by atoms with van der Waals surface area (Å²) in [7, 11) is 0. The van der Waals surface area contributed by atoms with Crippen LogP contribution in [0.1, 0.15) is 19.4 Å². The van der Waals surface area contributed by atoms with E-state index in [2.05, 4.69) is 0 Å². The van der Waals surface area contributed by atoms with Crippen molar-refractivity contribution in [2.24, 2.45) is 5.73 Å². The number of halogens is 1. The van der Waals surface area contributed by atoms with E-state index in [1.165, 1.54) is 12.1 Å². The summed E-state index contributed by atoms with van der Waals surface area (Å²) in [5.74, 6) is -0.582. The first kappa shape index (κ1) is 14.4. The molecule has 0 aliphatic heterocycles. The first-order valence-corrected chi connectivity index (χ1v) is 5.84. The Labute approximate surface area is 106 Å². The van der Waals surface area contributed by atoms with Crippen LogP contribution < -0.4 is 10.5 Å². The minimum atomic E-state index is -0.476. The quantitative estimate of drug-likeness (QED) is 0.785. The Morgan fingerprint density at radius 3 is 2.78 bits per heavy atom. The molecule has 0 aromatic heterocycles. The average molecular weight is 255 g/mol. The molecule has 0 bridgehead atoms.